The van der Waals surface area contributed by atoms with Gasteiger partial charge in [-0.25, -0.2) is 4.79 Å². The molecule has 0 spiro atoms. The summed E-state index contributed by atoms with van der Waals surface area (Å²) >= 11 is 6.23. The molecular weight excluding hydrogens is 352 g/mol. The van der Waals surface area contributed by atoms with Crippen molar-refractivity contribution < 1.29 is 18.7 Å². The van der Waals surface area contributed by atoms with Crippen LogP contribution < -0.4 is 0 Å². The van der Waals surface area contributed by atoms with E-state index in [1.54, 1.807) is 13.0 Å². The van der Waals surface area contributed by atoms with Gasteiger partial charge in [0.25, 0.3) is 0 Å². The summed E-state index contributed by atoms with van der Waals surface area (Å²) < 4.78 is 29.1. The molecule has 0 saturated carbocycles. The molecule has 130 valence electrons. The highest BCUT2D eigenvalue weighted by Crippen LogP contribution is 2.31. The molecule has 0 aliphatic rings. The number of aryl methyl sites for hydroxylation is 2. The van der Waals surface area contributed by atoms with Crippen molar-refractivity contribution in [1.82, 2.24) is 14.8 Å². The van der Waals surface area contributed by atoms with Crippen LogP contribution in [-0.4, -0.2) is 25.8 Å². The maximum atomic E-state index is 13.8. The zero-order valence-electron chi connectivity index (χ0n) is 13.4. The van der Waals surface area contributed by atoms with Crippen LogP contribution in [0.5, 0.6) is 0 Å². The number of aliphatic carboxylic acids is 1. The standard InChI is InChI=1S/C17H14ClF2N3O2/c1-9-4-3-5-13(18)12(9)8-23-14-6-11(17(19,20)16(24)25)7-21-15(14)10(2)22-23/h3-7H,8H2,1-2H3,(H,24,25). The summed E-state index contributed by atoms with van der Waals surface area (Å²) in [6, 6.07) is 6.57. The number of carbonyl (C=O) groups is 1. The molecule has 3 rings (SSSR count). The van der Waals surface area contributed by atoms with E-state index in [4.69, 9.17) is 16.7 Å². The number of pyridine rings is 1. The smallest absolute Gasteiger partial charge is 0.379 e. The largest absolute Gasteiger partial charge is 0.477 e. The normalized spacial score (nSPS) is 11.9. The van der Waals surface area contributed by atoms with Gasteiger partial charge in [-0.3, -0.25) is 9.67 Å². The average Bonchev–Trinajstić information content (AvgIpc) is 2.86. The number of carboxylic acids is 1. The summed E-state index contributed by atoms with van der Waals surface area (Å²) in [7, 11) is 0. The second-order valence-corrected chi connectivity index (χ2v) is 6.16. The summed E-state index contributed by atoms with van der Waals surface area (Å²) in [5.41, 5.74) is 2.39. The van der Waals surface area contributed by atoms with Gasteiger partial charge in [0.15, 0.2) is 0 Å². The van der Waals surface area contributed by atoms with Crippen LogP contribution in [0.1, 0.15) is 22.4 Å². The average molecular weight is 366 g/mol. The lowest BCUT2D eigenvalue weighted by molar-refractivity contribution is -0.166. The molecule has 0 aliphatic heterocycles. The van der Waals surface area contributed by atoms with Crippen LogP contribution >= 0.6 is 11.6 Å². The van der Waals surface area contributed by atoms with Gasteiger partial charge >= 0.3 is 11.9 Å². The molecule has 0 aliphatic carbocycles. The van der Waals surface area contributed by atoms with Gasteiger partial charge in [-0.15, -0.1) is 0 Å². The van der Waals surface area contributed by atoms with E-state index in [1.165, 1.54) is 4.68 Å². The Bertz CT molecular complexity index is 965. The predicted octanol–water partition coefficient (Wildman–Crippen LogP) is 3.93. The lowest BCUT2D eigenvalue weighted by Gasteiger charge is -2.12. The highest BCUT2D eigenvalue weighted by atomic mass is 35.5. The molecule has 8 heteroatoms. The minimum absolute atomic E-state index is 0.264. The van der Waals surface area contributed by atoms with Gasteiger partial charge in [-0.1, -0.05) is 23.7 Å². The van der Waals surface area contributed by atoms with Crippen molar-refractivity contribution in [3.05, 3.63) is 57.9 Å². The Morgan fingerprint density at radius 3 is 2.72 bits per heavy atom. The summed E-state index contributed by atoms with van der Waals surface area (Å²) in [6.45, 7) is 3.86. The molecule has 3 aromatic rings. The minimum Gasteiger partial charge on any atom is -0.477 e. The Morgan fingerprint density at radius 2 is 2.08 bits per heavy atom. The van der Waals surface area contributed by atoms with E-state index in [1.807, 2.05) is 19.1 Å². The topological polar surface area (TPSA) is 68.0 Å². The van der Waals surface area contributed by atoms with E-state index >= 15 is 0 Å². The number of rotatable bonds is 4. The molecule has 2 aromatic heterocycles. The molecule has 0 bridgehead atoms. The molecule has 1 aromatic carbocycles. The van der Waals surface area contributed by atoms with Crippen molar-refractivity contribution >= 4 is 28.6 Å². The highest BCUT2D eigenvalue weighted by Gasteiger charge is 2.41. The number of benzene rings is 1. The van der Waals surface area contributed by atoms with Gasteiger partial charge in [-0.2, -0.15) is 13.9 Å². The van der Waals surface area contributed by atoms with Crippen LogP contribution in [0.15, 0.2) is 30.5 Å². The zero-order valence-corrected chi connectivity index (χ0v) is 14.2. The summed E-state index contributed by atoms with van der Waals surface area (Å²) in [5.74, 6) is -6.25. The molecule has 0 radical (unpaired) electrons. The van der Waals surface area contributed by atoms with Crippen molar-refractivity contribution in [1.29, 1.82) is 0 Å². The maximum absolute atomic E-state index is 13.8. The Labute approximate surface area is 146 Å². The molecule has 0 amide bonds. The number of carboxylic acid groups (broad SMARTS) is 1. The zero-order chi connectivity index (χ0) is 18.4. The number of hydrogen-bond donors (Lipinski definition) is 1. The van der Waals surface area contributed by atoms with Gasteiger partial charge in [0.05, 0.1) is 23.3 Å². The number of aromatic nitrogens is 3. The molecule has 5 nitrogen and oxygen atoms in total. The van der Waals surface area contributed by atoms with Gasteiger partial charge in [0.2, 0.25) is 0 Å². The van der Waals surface area contributed by atoms with Crippen molar-refractivity contribution in [2.75, 3.05) is 0 Å². The van der Waals surface area contributed by atoms with Crippen LogP contribution in [0.2, 0.25) is 5.02 Å². The van der Waals surface area contributed by atoms with Crippen molar-refractivity contribution in [2.45, 2.75) is 26.3 Å². The Morgan fingerprint density at radius 1 is 1.36 bits per heavy atom. The van der Waals surface area contributed by atoms with Crippen molar-refractivity contribution in [3.63, 3.8) is 0 Å². The van der Waals surface area contributed by atoms with Crippen LogP contribution in [0.4, 0.5) is 8.78 Å². The number of nitrogens with zero attached hydrogens (tertiary/aromatic N) is 3. The first-order valence-electron chi connectivity index (χ1n) is 7.40. The van der Waals surface area contributed by atoms with E-state index in [0.717, 1.165) is 23.4 Å². The van der Waals surface area contributed by atoms with E-state index in [2.05, 4.69) is 10.1 Å². The minimum atomic E-state index is -4.02. The molecule has 2 heterocycles. The molecule has 0 saturated heterocycles. The number of hydrogen-bond acceptors (Lipinski definition) is 3. The highest BCUT2D eigenvalue weighted by molar-refractivity contribution is 6.31. The van der Waals surface area contributed by atoms with E-state index in [9.17, 15) is 13.6 Å². The third kappa shape index (κ3) is 2.95. The summed E-state index contributed by atoms with van der Waals surface area (Å²) in [6.07, 6.45) is 0.871. The van der Waals surface area contributed by atoms with Crippen LogP contribution in [0.25, 0.3) is 11.0 Å². The fraction of sp³-hybridized carbons (Fsp3) is 0.235. The van der Waals surface area contributed by atoms with Gasteiger partial charge in [0, 0.05) is 11.2 Å². The Hall–Kier alpha value is -2.54. The number of fused-ring (bicyclic) bond motifs is 1. The molecule has 25 heavy (non-hydrogen) atoms. The van der Waals surface area contributed by atoms with Gasteiger partial charge < -0.3 is 5.11 Å². The van der Waals surface area contributed by atoms with E-state index in [-0.39, 0.29) is 6.54 Å². The predicted molar refractivity (Wildman–Crippen MR) is 89.1 cm³/mol. The van der Waals surface area contributed by atoms with Crippen LogP contribution in [0, 0.1) is 13.8 Å². The Kier molecular flexibility index (Phi) is 4.20. The fourth-order valence-corrected chi connectivity index (χ4v) is 2.92. The van der Waals surface area contributed by atoms with Crippen molar-refractivity contribution in [3.8, 4) is 0 Å². The molecule has 0 unspecified atom stereocenters. The van der Waals surface area contributed by atoms with Gasteiger partial charge in [0.1, 0.15) is 5.52 Å². The Balaban J connectivity index is 2.14. The number of halogens is 3. The molecular formula is C17H14ClF2N3O2. The molecule has 0 fully saturated rings. The quantitative estimate of drug-likeness (QED) is 0.760. The maximum Gasteiger partial charge on any atom is 0.379 e. The molecule has 0 atom stereocenters. The monoisotopic (exact) mass is 365 g/mol. The van der Waals surface area contributed by atoms with Gasteiger partial charge in [-0.05, 0) is 37.1 Å². The summed E-state index contributed by atoms with van der Waals surface area (Å²) in [4.78, 5) is 14.8. The third-order valence-corrected chi connectivity index (χ3v) is 4.41. The lowest BCUT2D eigenvalue weighted by Crippen LogP contribution is -2.25. The first-order chi connectivity index (χ1) is 11.7. The first-order valence-corrected chi connectivity index (χ1v) is 7.78. The van der Waals surface area contributed by atoms with E-state index in [0.29, 0.717) is 21.7 Å². The first kappa shape index (κ1) is 17.3. The number of alkyl halides is 2. The second-order valence-electron chi connectivity index (χ2n) is 5.75. The lowest BCUT2D eigenvalue weighted by atomic mass is 10.1. The van der Waals surface area contributed by atoms with Crippen LogP contribution in [-0.2, 0) is 17.3 Å². The fourth-order valence-electron chi connectivity index (χ4n) is 2.64. The third-order valence-electron chi connectivity index (χ3n) is 4.05. The van der Waals surface area contributed by atoms with Crippen LogP contribution in [0.3, 0.4) is 0 Å². The second kappa shape index (κ2) is 6.07. The SMILES string of the molecule is Cc1cccc(Cl)c1Cn1nc(C)c2ncc(C(F)(F)C(=O)O)cc21. The van der Waals surface area contributed by atoms with Crippen molar-refractivity contribution in [2.24, 2.45) is 0 Å². The van der Waals surface area contributed by atoms with E-state index < -0.39 is 17.5 Å². The molecule has 1 N–H and O–H groups in total. The summed E-state index contributed by atoms with van der Waals surface area (Å²) in [5, 5.41) is 13.6.